The Morgan fingerprint density at radius 2 is 1.29 bits per heavy atom. The van der Waals surface area contributed by atoms with Gasteiger partial charge in [0.2, 0.25) is 0 Å². The van der Waals surface area contributed by atoms with Crippen LogP contribution in [0.2, 0.25) is 0 Å². The molecule has 0 aromatic rings. The third kappa shape index (κ3) is 220. The largest absolute Gasteiger partial charge is 0.540 e. The summed E-state index contributed by atoms with van der Waals surface area (Å²) in [5, 5.41) is 5.47. The van der Waals surface area contributed by atoms with Crippen LogP contribution in [0.3, 0.4) is 0 Å². The predicted octanol–water partition coefficient (Wildman–Crippen LogP) is -0.164. The Bertz CT molecular complexity index is 96.1. The Hall–Kier alpha value is 0.857. The van der Waals surface area contributed by atoms with Gasteiger partial charge in [-0.15, -0.1) is 0 Å². The Balaban J connectivity index is -0.0000000800. The maximum Gasteiger partial charge on any atom is 0.186 e. The molecule has 0 saturated carbocycles. The Morgan fingerprint density at radius 3 is 1.29 bits per heavy atom. The summed E-state index contributed by atoms with van der Waals surface area (Å²) >= 11 is 0. The molecular formula is H2NNi2O3S-. The average Bonchev–Trinajstić information content (AvgIpc) is 0.722. The number of hydrogen-bond donors (Lipinski definition) is 1. The Morgan fingerprint density at radius 1 is 1.29 bits per heavy atom. The molecule has 0 unspecified atom stereocenters. The molecule has 0 aliphatic heterocycles. The van der Waals surface area contributed by atoms with Gasteiger partial charge in [0.15, 0.2) is 10.3 Å². The molecule has 4 nitrogen and oxygen atoms in total. The molecule has 0 aromatic carbocycles. The number of nitrogens with one attached hydrogen (secondary N) is 1. The minimum Gasteiger partial charge on any atom is -0.540 e. The molecule has 2 N–H and O–H groups in total. The molecule has 0 amide bonds. The standard InChI is InChI=1S/H2NO3S.2Ni/c1-5(2,3)4;;/h(H2-,1,2,3,4);;/q-1;;. The zero-order valence-corrected chi connectivity index (χ0v) is 5.60. The summed E-state index contributed by atoms with van der Waals surface area (Å²) < 4.78 is 24.9. The molecule has 0 radical (unpaired) electrons. The Labute approximate surface area is 61.6 Å². The summed E-state index contributed by atoms with van der Waals surface area (Å²) in [7, 11) is -4.42. The summed E-state index contributed by atoms with van der Waals surface area (Å²) in [5.41, 5.74) is 0. The zero-order chi connectivity index (χ0) is 4.50. The van der Waals surface area contributed by atoms with E-state index in [2.05, 4.69) is 0 Å². The SMILES string of the molecule is [NH-]S(=O)(=O)O.[Ni].[Ni]. The minimum atomic E-state index is -4.42. The normalized spacial score (nSPS) is 8.29. The van der Waals surface area contributed by atoms with Crippen LogP contribution in [-0.4, -0.2) is 13.0 Å². The van der Waals surface area contributed by atoms with Gasteiger partial charge in [-0.3, -0.25) is 4.55 Å². The third-order valence-electron chi connectivity index (χ3n) is 0. The predicted molar refractivity (Wildman–Crippen MR) is 15.9 cm³/mol. The van der Waals surface area contributed by atoms with Gasteiger partial charge in [-0.2, -0.15) is 0 Å². The molecular weight excluding hydrogens is 211 g/mol. The quantitative estimate of drug-likeness (QED) is 0.448. The first-order valence-electron chi connectivity index (χ1n) is 0.720. The summed E-state index contributed by atoms with van der Waals surface area (Å²) in [4.78, 5) is 0. The molecule has 52 valence electrons. The van der Waals surface area contributed by atoms with Crippen molar-refractivity contribution in [3.63, 3.8) is 0 Å². The fraction of sp³-hybridized carbons (Fsp3) is 0. The second-order valence-electron chi connectivity index (χ2n) is 0.475. The van der Waals surface area contributed by atoms with Crippen molar-refractivity contribution >= 4 is 10.3 Å². The maximum absolute atomic E-state index is 8.85. The first-order valence-corrected chi connectivity index (χ1v) is 2.16. The van der Waals surface area contributed by atoms with Crippen molar-refractivity contribution in [2.45, 2.75) is 0 Å². The number of rotatable bonds is 0. The van der Waals surface area contributed by atoms with Crippen LogP contribution in [0, 0.1) is 0 Å². The minimum absolute atomic E-state index is 0. The second kappa shape index (κ2) is 5.00. The van der Waals surface area contributed by atoms with Crippen molar-refractivity contribution in [2.24, 2.45) is 0 Å². The van der Waals surface area contributed by atoms with E-state index in [0.717, 1.165) is 0 Å². The summed E-state index contributed by atoms with van der Waals surface area (Å²) in [6.07, 6.45) is 0. The van der Waals surface area contributed by atoms with Crippen LogP contribution in [0.25, 0.3) is 5.14 Å². The van der Waals surface area contributed by atoms with Gasteiger partial charge in [0.25, 0.3) is 0 Å². The van der Waals surface area contributed by atoms with E-state index in [1.165, 1.54) is 0 Å². The van der Waals surface area contributed by atoms with Crippen molar-refractivity contribution < 1.29 is 46.0 Å². The van der Waals surface area contributed by atoms with Gasteiger partial charge in [0, 0.05) is 33.0 Å². The molecule has 0 spiro atoms. The van der Waals surface area contributed by atoms with Crippen LogP contribution >= 0.6 is 0 Å². The molecule has 0 aromatic heterocycles. The summed E-state index contributed by atoms with van der Waals surface area (Å²) in [6, 6.07) is 0. The first kappa shape index (κ1) is 15.7. The molecule has 7 heteroatoms. The van der Waals surface area contributed by atoms with Gasteiger partial charge >= 0.3 is 0 Å². The maximum atomic E-state index is 8.85. The molecule has 0 heterocycles. The molecule has 0 atom stereocenters. The smallest absolute Gasteiger partial charge is 0.186 e. The van der Waals surface area contributed by atoms with Crippen LogP contribution in [0.5, 0.6) is 0 Å². The van der Waals surface area contributed by atoms with E-state index in [1.807, 2.05) is 0 Å². The van der Waals surface area contributed by atoms with Gasteiger partial charge in [-0.25, -0.2) is 8.42 Å². The van der Waals surface area contributed by atoms with E-state index >= 15 is 0 Å². The molecule has 0 fully saturated rings. The van der Waals surface area contributed by atoms with E-state index in [4.69, 9.17) is 18.1 Å². The van der Waals surface area contributed by atoms with Gasteiger partial charge in [0.05, 0.1) is 0 Å². The van der Waals surface area contributed by atoms with Crippen LogP contribution in [-0.2, 0) is 43.3 Å². The summed E-state index contributed by atoms with van der Waals surface area (Å²) in [6.45, 7) is 0. The van der Waals surface area contributed by atoms with Crippen LogP contribution < -0.4 is 0 Å². The fourth-order valence-corrected chi connectivity index (χ4v) is 0. The van der Waals surface area contributed by atoms with Crippen LogP contribution in [0.1, 0.15) is 0 Å². The monoisotopic (exact) mass is 212 g/mol. The molecule has 0 aliphatic carbocycles. The average molecular weight is 213 g/mol. The summed E-state index contributed by atoms with van der Waals surface area (Å²) in [5.74, 6) is 0. The van der Waals surface area contributed by atoms with Crippen LogP contribution in [0.15, 0.2) is 0 Å². The topological polar surface area (TPSA) is 78.2 Å². The second-order valence-corrected chi connectivity index (χ2v) is 1.43. The van der Waals surface area contributed by atoms with Crippen LogP contribution in [0.4, 0.5) is 0 Å². The molecule has 0 aliphatic rings. The molecule has 7 heavy (non-hydrogen) atoms. The van der Waals surface area contributed by atoms with E-state index in [1.54, 1.807) is 0 Å². The van der Waals surface area contributed by atoms with E-state index < -0.39 is 10.3 Å². The van der Waals surface area contributed by atoms with Gasteiger partial charge < -0.3 is 5.14 Å². The fourth-order valence-electron chi connectivity index (χ4n) is 0. The Kier molecular flexibility index (Phi) is 11.2. The first-order chi connectivity index (χ1) is 2.00. The van der Waals surface area contributed by atoms with Crippen molar-refractivity contribution in [1.82, 2.24) is 0 Å². The van der Waals surface area contributed by atoms with Crippen molar-refractivity contribution in [2.75, 3.05) is 0 Å². The van der Waals surface area contributed by atoms with E-state index in [0.29, 0.717) is 0 Å². The van der Waals surface area contributed by atoms with Crippen molar-refractivity contribution in [1.29, 1.82) is 0 Å². The van der Waals surface area contributed by atoms with E-state index in [9.17, 15) is 0 Å². The van der Waals surface area contributed by atoms with Crippen molar-refractivity contribution in [3.8, 4) is 0 Å². The molecule has 0 rings (SSSR count). The molecule has 0 saturated heterocycles. The van der Waals surface area contributed by atoms with E-state index in [-0.39, 0.29) is 33.0 Å². The number of hydrogen-bond acceptors (Lipinski definition) is 2. The van der Waals surface area contributed by atoms with Gasteiger partial charge in [-0.05, 0) is 0 Å². The van der Waals surface area contributed by atoms with Gasteiger partial charge in [0.1, 0.15) is 0 Å². The van der Waals surface area contributed by atoms with Crippen molar-refractivity contribution in [3.05, 3.63) is 5.14 Å². The molecule has 0 bridgehead atoms. The third-order valence-corrected chi connectivity index (χ3v) is 0. The zero-order valence-electron chi connectivity index (χ0n) is 2.80. The van der Waals surface area contributed by atoms with Gasteiger partial charge in [-0.1, -0.05) is 0 Å².